The zero-order valence-electron chi connectivity index (χ0n) is 12.8. The Bertz CT molecular complexity index is 851. The summed E-state index contributed by atoms with van der Waals surface area (Å²) < 4.78 is 1.03. The summed E-state index contributed by atoms with van der Waals surface area (Å²) in [6.45, 7) is 0.478. The van der Waals surface area contributed by atoms with Gasteiger partial charge in [-0.2, -0.15) is 5.10 Å². The minimum absolute atomic E-state index is 0.0642. The van der Waals surface area contributed by atoms with Crippen LogP contribution in [0.2, 0.25) is 0 Å². The molecule has 1 amide bonds. The highest BCUT2D eigenvalue weighted by atomic mass is 32.1. The molecule has 0 saturated heterocycles. The molecule has 0 fully saturated rings. The first kappa shape index (κ1) is 14.4. The first-order valence-electron chi connectivity index (χ1n) is 7.98. The molecule has 0 bridgehead atoms. The molecule has 2 aromatic heterocycles. The summed E-state index contributed by atoms with van der Waals surface area (Å²) in [6, 6.07) is 5.61. The van der Waals surface area contributed by atoms with Crippen LogP contribution in [0.4, 0.5) is 0 Å². The van der Waals surface area contributed by atoms with Crippen LogP contribution in [0.1, 0.15) is 46.6 Å². The van der Waals surface area contributed by atoms with E-state index in [0.717, 1.165) is 28.8 Å². The van der Waals surface area contributed by atoms with Crippen LogP contribution < -0.4 is 5.32 Å². The molecular weight excluding hydrogens is 308 g/mol. The molecule has 1 aromatic carbocycles. The third kappa shape index (κ3) is 2.86. The number of H-pyrrole nitrogens is 1. The number of carbonyl (C=O) groups is 1. The average molecular weight is 326 g/mol. The molecule has 4 rings (SSSR count). The number of hydrogen-bond donors (Lipinski definition) is 2. The molecule has 1 aliphatic rings. The fourth-order valence-electron chi connectivity index (χ4n) is 3.14. The van der Waals surface area contributed by atoms with Crippen molar-refractivity contribution in [3.05, 3.63) is 46.2 Å². The summed E-state index contributed by atoms with van der Waals surface area (Å²) in [5.74, 6) is -0.0642. The van der Waals surface area contributed by atoms with E-state index in [0.29, 0.717) is 12.1 Å². The molecule has 1 aliphatic carbocycles. The zero-order chi connectivity index (χ0) is 15.6. The van der Waals surface area contributed by atoms with Gasteiger partial charge in [0.1, 0.15) is 0 Å². The van der Waals surface area contributed by atoms with Gasteiger partial charge in [-0.15, -0.1) is 11.3 Å². The second-order valence-corrected chi connectivity index (χ2v) is 6.79. The number of benzene rings is 1. The maximum atomic E-state index is 12.4. The number of nitrogens with one attached hydrogen (secondary N) is 2. The van der Waals surface area contributed by atoms with Gasteiger partial charge in [0.05, 0.1) is 28.0 Å². The van der Waals surface area contributed by atoms with Gasteiger partial charge in [-0.25, -0.2) is 4.98 Å². The van der Waals surface area contributed by atoms with E-state index in [1.807, 2.05) is 18.2 Å². The minimum Gasteiger partial charge on any atom is -0.346 e. The molecule has 0 radical (unpaired) electrons. The molecule has 0 atom stereocenters. The number of aryl methyl sites for hydroxylation is 1. The monoisotopic (exact) mass is 326 g/mol. The smallest absolute Gasteiger partial charge is 0.251 e. The molecular formula is C17H18N4OS. The van der Waals surface area contributed by atoms with Gasteiger partial charge < -0.3 is 5.32 Å². The van der Waals surface area contributed by atoms with E-state index in [1.165, 1.54) is 30.5 Å². The first-order chi connectivity index (χ1) is 11.3. The second kappa shape index (κ2) is 6.12. The van der Waals surface area contributed by atoms with Crippen molar-refractivity contribution in [3.63, 3.8) is 0 Å². The zero-order valence-corrected chi connectivity index (χ0v) is 13.6. The number of rotatable bonds is 3. The molecule has 23 heavy (non-hydrogen) atoms. The van der Waals surface area contributed by atoms with E-state index >= 15 is 0 Å². The Kier molecular flexibility index (Phi) is 3.83. The van der Waals surface area contributed by atoms with Crippen molar-refractivity contribution in [2.45, 2.75) is 38.6 Å². The summed E-state index contributed by atoms with van der Waals surface area (Å²) in [5.41, 5.74) is 6.94. The molecule has 2 N–H and O–H groups in total. The molecule has 5 nitrogen and oxygen atoms in total. The Hall–Kier alpha value is -2.21. The van der Waals surface area contributed by atoms with Crippen molar-refractivity contribution >= 4 is 27.5 Å². The number of aromatic nitrogens is 3. The van der Waals surface area contributed by atoms with Crippen molar-refractivity contribution in [3.8, 4) is 0 Å². The molecule has 2 heterocycles. The summed E-state index contributed by atoms with van der Waals surface area (Å²) >= 11 is 1.55. The van der Waals surface area contributed by atoms with Gasteiger partial charge in [-0.1, -0.05) is 6.42 Å². The molecule has 118 valence electrons. The first-order valence-corrected chi connectivity index (χ1v) is 8.85. The summed E-state index contributed by atoms with van der Waals surface area (Å²) in [7, 11) is 0. The number of fused-ring (bicyclic) bond motifs is 2. The third-order valence-corrected chi connectivity index (χ3v) is 5.19. The highest BCUT2D eigenvalue weighted by molar-refractivity contribution is 7.16. The number of amides is 1. The van der Waals surface area contributed by atoms with E-state index in [-0.39, 0.29) is 5.91 Å². The molecule has 0 unspecified atom stereocenters. The van der Waals surface area contributed by atoms with Crippen molar-refractivity contribution < 1.29 is 4.79 Å². The van der Waals surface area contributed by atoms with Gasteiger partial charge in [0.25, 0.3) is 5.91 Å². The van der Waals surface area contributed by atoms with Crippen LogP contribution in [0.25, 0.3) is 10.2 Å². The molecule has 0 aliphatic heterocycles. The number of thiazole rings is 1. The fourth-order valence-corrected chi connectivity index (χ4v) is 3.85. The van der Waals surface area contributed by atoms with Gasteiger partial charge in [-0.05, 0) is 49.4 Å². The fraction of sp³-hybridized carbons (Fsp3) is 0.353. The summed E-state index contributed by atoms with van der Waals surface area (Å²) in [4.78, 5) is 16.6. The molecule has 6 heteroatoms. The Morgan fingerprint density at radius 3 is 3.13 bits per heavy atom. The van der Waals surface area contributed by atoms with Crippen molar-refractivity contribution in [2.75, 3.05) is 0 Å². The third-order valence-electron chi connectivity index (χ3n) is 4.40. The lowest BCUT2D eigenvalue weighted by molar-refractivity contribution is 0.0950. The van der Waals surface area contributed by atoms with Gasteiger partial charge in [0.15, 0.2) is 0 Å². The number of aromatic amines is 1. The lowest BCUT2D eigenvalue weighted by Gasteiger charge is -2.06. The molecule has 0 spiro atoms. The predicted molar refractivity (Wildman–Crippen MR) is 90.6 cm³/mol. The molecule has 3 aromatic rings. The SMILES string of the molecule is O=C(NCc1n[nH]c2c1CCCCC2)c1ccc2ncsc2c1. The van der Waals surface area contributed by atoms with Crippen LogP contribution in [0.15, 0.2) is 23.7 Å². The van der Waals surface area contributed by atoms with Crippen LogP contribution in [-0.2, 0) is 19.4 Å². The summed E-state index contributed by atoms with van der Waals surface area (Å²) in [5, 5.41) is 10.5. The number of hydrogen-bond acceptors (Lipinski definition) is 4. The van der Waals surface area contributed by atoms with Crippen molar-refractivity contribution in [1.29, 1.82) is 0 Å². The van der Waals surface area contributed by atoms with Crippen molar-refractivity contribution in [1.82, 2.24) is 20.5 Å². The van der Waals surface area contributed by atoms with Crippen LogP contribution in [0.5, 0.6) is 0 Å². The Balaban J connectivity index is 1.48. The number of nitrogens with zero attached hydrogens (tertiary/aromatic N) is 2. The Morgan fingerprint density at radius 2 is 2.17 bits per heavy atom. The maximum Gasteiger partial charge on any atom is 0.251 e. The summed E-state index contributed by atoms with van der Waals surface area (Å²) in [6.07, 6.45) is 5.82. The van der Waals surface area contributed by atoms with Crippen LogP contribution >= 0.6 is 11.3 Å². The molecule has 0 saturated carbocycles. The topological polar surface area (TPSA) is 70.7 Å². The maximum absolute atomic E-state index is 12.4. The van der Waals surface area contributed by atoms with Gasteiger partial charge in [0, 0.05) is 11.3 Å². The van der Waals surface area contributed by atoms with Crippen LogP contribution in [-0.4, -0.2) is 21.1 Å². The van der Waals surface area contributed by atoms with Crippen LogP contribution in [0.3, 0.4) is 0 Å². The Labute approximate surface area is 138 Å². The Morgan fingerprint density at radius 1 is 1.26 bits per heavy atom. The normalized spacial score (nSPS) is 14.4. The van der Waals surface area contributed by atoms with Gasteiger partial charge >= 0.3 is 0 Å². The quantitative estimate of drug-likeness (QED) is 0.726. The van der Waals surface area contributed by atoms with Crippen LogP contribution in [0, 0.1) is 0 Å². The van der Waals surface area contributed by atoms with E-state index in [9.17, 15) is 4.79 Å². The highest BCUT2D eigenvalue weighted by Gasteiger charge is 2.16. The lowest BCUT2D eigenvalue weighted by Crippen LogP contribution is -2.23. The standard InChI is InChI=1S/C17H18N4OS/c22-17(11-6-7-14-16(8-11)23-10-19-14)18-9-15-12-4-2-1-3-5-13(12)20-21-15/h6-8,10H,1-5,9H2,(H,18,22)(H,20,21). The number of carbonyl (C=O) groups excluding carboxylic acids is 1. The predicted octanol–water partition coefficient (Wildman–Crippen LogP) is 3.22. The van der Waals surface area contributed by atoms with E-state index in [2.05, 4.69) is 20.5 Å². The lowest BCUT2D eigenvalue weighted by atomic mass is 10.1. The van der Waals surface area contributed by atoms with Crippen molar-refractivity contribution in [2.24, 2.45) is 0 Å². The van der Waals surface area contributed by atoms with E-state index in [4.69, 9.17) is 0 Å². The largest absolute Gasteiger partial charge is 0.346 e. The average Bonchev–Trinajstić information content (AvgIpc) is 3.12. The minimum atomic E-state index is -0.0642. The van der Waals surface area contributed by atoms with E-state index in [1.54, 1.807) is 16.8 Å². The van der Waals surface area contributed by atoms with Gasteiger partial charge in [-0.3, -0.25) is 9.89 Å². The van der Waals surface area contributed by atoms with Gasteiger partial charge in [0.2, 0.25) is 0 Å². The second-order valence-electron chi connectivity index (χ2n) is 5.91. The highest BCUT2D eigenvalue weighted by Crippen LogP contribution is 2.22. The van der Waals surface area contributed by atoms with E-state index < -0.39 is 0 Å².